The molecule has 2 aromatic heterocycles. The Hall–Kier alpha value is -3.63. The van der Waals surface area contributed by atoms with Crippen molar-refractivity contribution >= 4 is 22.5 Å². The first-order chi connectivity index (χ1) is 22.2. The topological polar surface area (TPSA) is 85.9 Å². The summed E-state index contributed by atoms with van der Waals surface area (Å²) in [6, 6.07) is 10.1. The Morgan fingerprint density at radius 2 is 1.80 bits per heavy atom. The summed E-state index contributed by atoms with van der Waals surface area (Å²) in [4.78, 5) is 30.1. The molecule has 1 unspecified atom stereocenters. The van der Waals surface area contributed by atoms with E-state index in [1.807, 2.05) is 38.2 Å². The van der Waals surface area contributed by atoms with Gasteiger partial charge in [-0.05, 0) is 93.9 Å². The Morgan fingerprint density at radius 1 is 1.07 bits per heavy atom. The number of ether oxygens (including phenoxy) is 1. The number of hydrogen-bond donors (Lipinski definition) is 2. The van der Waals surface area contributed by atoms with Gasteiger partial charge in [0.2, 0.25) is 0 Å². The maximum atomic E-state index is 13.3. The van der Waals surface area contributed by atoms with Crippen LogP contribution in [0, 0.1) is 13.8 Å². The molecule has 3 aliphatic heterocycles. The highest BCUT2D eigenvalue weighted by Crippen LogP contribution is 2.23. The summed E-state index contributed by atoms with van der Waals surface area (Å²) in [5.74, 6) is -0.0857. The van der Waals surface area contributed by atoms with Crippen molar-refractivity contribution in [3.63, 3.8) is 0 Å². The van der Waals surface area contributed by atoms with Gasteiger partial charge in [0.05, 0.1) is 47.5 Å². The zero-order valence-corrected chi connectivity index (χ0v) is 28.6. The quantitative estimate of drug-likeness (QED) is 0.373. The number of nitrogens with one attached hydrogen (secondary N) is 2. The van der Waals surface area contributed by atoms with Gasteiger partial charge in [-0.25, -0.2) is 4.98 Å². The van der Waals surface area contributed by atoms with Crippen molar-refractivity contribution in [2.24, 2.45) is 0 Å². The number of benzene rings is 1. The van der Waals surface area contributed by atoms with Gasteiger partial charge in [0, 0.05) is 64.4 Å². The summed E-state index contributed by atoms with van der Waals surface area (Å²) in [5, 5.41) is 7.72. The molecule has 0 saturated carbocycles. The molecular weight excluding hydrogens is 574 g/mol. The molecule has 0 radical (unpaired) electrons. The average molecular weight is 628 g/mol. The summed E-state index contributed by atoms with van der Waals surface area (Å²) in [6.45, 7) is 19.7. The largest absolute Gasteiger partial charge is 0.373 e. The van der Waals surface area contributed by atoms with Crippen molar-refractivity contribution in [2.45, 2.75) is 73.0 Å². The number of carbonyl (C=O) groups excluding carboxylic acids is 1. The molecule has 9 nitrogen and oxygen atoms in total. The Balaban J connectivity index is 0.00000164. The highest BCUT2D eigenvalue weighted by Gasteiger charge is 2.28. The predicted molar refractivity (Wildman–Crippen MR) is 188 cm³/mol. The third kappa shape index (κ3) is 8.20. The van der Waals surface area contributed by atoms with E-state index in [-0.39, 0.29) is 25.7 Å². The van der Waals surface area contributed by atoms with Gasteiger partial charge in [-0.1, -0.05) is 19.9 Å². The van der Waals surface area contributed by atoms with Crippen LogP contribution in [0.2, 0.25) is 0 Å². The number of rotatable bonds is 7. The molecule has 3 aliphatic rings. The van der Waals surface area contributed by atoms with Crippen LogP contribution < -0.4 is 10.6 Å². The first-order valence-electron chi connectivity index (χ1n) is 16.8. The van der Waals surface area contributed by atoms with Crippen LogP contribution in [0.25, 0.3) is 16.6 Å². The minimum atomic E-state index is -0.0857. The molecular formula is C37H53N7O2. The van der Waals surface area contributed by atoms with E-state index in [9.17, 15) is 4.79 Å². The number of piperazine rings is 1. The molecule has 1 aromatic carbocycles. The molecule has 3 atom stereocenters. The smallest absolute Gasteiger partial charge is 0.251 e. The Labute approximate surface area is 276 Å². The maximum Gasteiger partial charge on any atom is 0.251 e. The van der Waals surface area contributed by atoms with Crippen molar-refractivity contribution in [3.05, 3.63) is 88.4 Å². The minimum absolute atomic E-state index is 0. The van der Waals surface area contributed by atoms with Crippen LogP contribution in [-0.4, -0.2) is 95.3 Å². The summed E-state index contributed by atoms with van der Waals surface area (Å²) >= 11 is 0. The van der Waals surface area contributed by atoms with Crippen LogP contribution >= 0.6 is 0 Å². The lowest BCUT2D eigenvalue weighted by Crippen LogP contribution is -2.54. The van der Waals surface area contributed by atoms with Crippen LogP contribution in [0.1, 0.15) is 67.6 Å². The van der Waals surface area contributed by atoms with E-state index in [0.29, 0.717) is 12.1 Å². The Bertz CT molecular complexity index is 1570. The van der Waals surface area contributed by atoms with Gasteiger partial charge < -0.3 is 20.3 Å². The SMILES string of the molecule is CC.Cc1cc(C(=O)NCc2cc3nc(C4=CC=CC(N5C[C@@H](C)O[C@@H](C)C5)N4)ccc3cn2)cc(CN2CCN(C)CC2)c1C.[HH]. The molecule has 2 N–H and O–H groups in total. The van der Waals surface area contributed by atoms with Crippen LogP contribution in [-0.2, 0) is 17.8 Å². The van der Waals surface area contributed by atoms with Gasteiger partial charge in [-0.3, -0.25) is 19.6 Å². The van der Waals surface area contributed by atoms with Crippen molar-refractivity contribution in [1.82, 2.24) is 35.3 Å². The third-order valence-corrected chi connectivity index (χ3v) is 9.06. The molecule has 9 heteroatoms. The van der Waals surface area contributed by atoms with Gasteiger partial charge in [0.15, 0.2) is 0 Å². The lowest BCUT2D eigenvalue weighted by molar-refractivity contribution is -0.0770. The zero-order valence-electron chi connectivity index (χ0n) is 28.6. The lowest BCUT2D eigenvalue weighted by Gasteiger charge is -2.40. The van der Waals surface area contributed by atoms with E-state index in [1.165, 1.54) is 11.1 Å². The highest BCUT2D eigenvalue weighted by molar-refractivity contribution is 5.94. The fraction of sp³-hybridized carbons (Fsp3) is 0.486. The van der Waals surface area contributed by atoms with E-state index >= 15 is 0 Å². The fourth-order valence-corrected chi connectivity index (χ4v) is 6.38. The number of allylic oxidation sites excluding steroid dienone is 2. The van der Waals surface area contributed by atoms with E-state index in [2.05, 4.69) is 95.4 Å². The van der Waals surface area contributed by atoms with Crippen LogP contribution in [0.3, 0.4) is 0 Å². The van der Waals surface area contributed by atoms with E-state index < -0.39 is 0 Å². The summed E-state index contributed by atoms with van der Waals surface area (Å²) in [7, 11) is 2.17. The summed E-state index contributed by atoms with van der Waals surface area (Å²) in [5.41, 5.74) is 7.81. The minimum Gasteiger partial charge on any atom is -0.373 e. The fourth-order valence-electron chi connectivity index (χ4n) is 6.38. The van der Waals surface area contributed by atoms with Crippen molar-refractivity contribution in [3.8, 4) is 0 Å². The van der Waals surface area contributed by atoms with Crippen LogP contribution in [0.4, 0.5) is 0 Å². The number of likely N-dealkylation sites (N-methyl/N-ethyl adjacent to an activating group) is 1. The first kappa shape index (κ1) is 33.7. The number of nitrogens with zero attached hydrogens (tertiary/aromatic N) is 5. The van der Waals surface area contributed by atoms with Crippen molar-refractivity contribution in [2.75, 3.05) is 46.3 Å². The number of morpholine rings is 1. The van der Waals surface area contributed by atoms with E-state index in [4.69, 9.17) is 9.72 Å². The highest BCUT2D eigenvalue weighted by atomic mass is 16.5. The maximum absolute atomic E-state index is 13.3. The van der Waals surface area contributed by atoms with Crippen molar-refractivity contribution in [1.29, 1.82) is 0 Å². The van der Waals surface area contributed by atoms with Gasteiger partial charge in [0.1, 0.15) is 0 Å². The van der Waals surface area contributed by atoms with Crippen molar-refractivity contribution < 1.29 is 11.0 Å². The third-order valence-electron chi connectivity index (χ3n) is 9.06. The Morgan fingerprint density at radius 3 is 2.54 bits per heavy atom. The molecule has 3 aromatic rings. The van der Waals surface area contributed by atoms with Gasteiger partial charge in [-0.15, -0.1) is 0 Å². The van der Waals surface area contributed by atoms with E-state index in [0.717, 1.165) is 79.4 Å². The zero-order chi connectivity index (χ0) is 32.8. The second-order valence-electron chi connectivity index (χ2n) is 12.7. The number of aryl methyl sites for hydroxylation is 1. The van der Waals surface area contributed by atoms with Crippen LogP contribution in [0.15, 0.2) is 54.8 Å². The lowest BCUT2D eigenvalue weighted by atomic mass is 9.98. The molecule has 0 bridgehead atoms. The Kier molecular flexibility index (Phi) is 11.2. The predicted octanol–water partition coefficient (Wildman–Crippen LogP) is 5.13. The molecule has 0 spiro atoms. The molecule has 6 rings (SSSR count). The molecule has 5 heterocycles. The average Bonchev–Trinajstić information content (AvgIpc) is 3.06. The van der Waals surface area contributed by atoms with Gasteiger partial charge in [-0.2, -0.15) is 0 Å². The first-order valence-corrected chi connectivity index (χ1v) is 16.8. The standard InChI is InChI=1S/C35H45N7O2.C2H6.H2/c1-23-15-28(16-29(26(23)4)22-41-13-11-40(5)12-14-41)35(43)37-19-30-17-33-27(18-36-30)9-10-32(38-33)31-7-6-8-34(39-31)42-20-24(2)44-25(3)21-42;1-2;/h6-10,15-18,24-25,34,39H,11-14,19-22H2,1-5H3,(H,37,43);1-2H3;1H/t24-,25+,34?;;. The molecule has 2 saturated heterocycles. The summed E-state index contributed by atoms with van der Waals surface area (Å²) in [6.07, 6.45) is 8.69. The number of aromatic nitrogens is 2. The summed E-state index contributed by atoms with van der Waals surface area (Å²) < 4.78 is 5.93. The second-order valence-corrected chi connectivity index (χ2v) is 12.7. The molecule has 2 fully saturated rings. The normalized spacial score (nSPS) is 22.5. The number of pyridine rings is 2. The van der Waals surface area contributed by atoms with E-state index in [1.54, 1.807) is 0 Å². The number of hydrogen-bond acceptors (Lipinski definition) is 8. The molecule has 1 amide bonds. The van der Waals surface area contributed by atoms with Gasteiger partial charge in [0.25, 0.3) is 5.91 Å². The number of carbonyl (C=O) groups is 1. The molecule has 0 aliphatic carbocycles. The molecule has 46 heavy (non-hydrogen) atoms. The number of amides is 1. The second kappa shape index (κ2) is 15.3. The van der Waals surface area contributed by atoms with Crippen LogP contribution in [0.5, 0.6) is 0 Å². The molecule has 248 valence electrons. The van der Waals surface area contributed by atoms with Gasteiger partial charge >= 0.3 is 0 Å². The number of fused-ring (bicyclic) bond motifs is 1. The monoisotopic (exact) mass is 627 g/mol. The number of dihydropyridines is 1.